The quantitative estimate of drug-likeness (QED) is 0.159. The number of amides is 1. The van der Waals surface area contributed by atoms with Crippen LogP contribution in [0.2, 0.25) is 5.02 Å². The lowest BCUT2D eigenvalue weighted by Crippen LogP contribution is -2.28. The highest BCUT2D eigenvalue weighted by atomic mass is 127. The highest BCUT2D eigenvalue weighted by molar-refractivity contribution is 14.1. The Kier molecular flexibility index (Phi) is 9.71. The van der Waals surface area contributed by atoms with Gasteiger partial charge in [-0.25, -0.2) is 4.39 Å². The molecule has 0 saturated carbocycles. The van der Waals surface area contributed by atoms with E-state index >= 15 is 0 Å². The fourth-order valence-electron chi connectivity index (χ4n) is 3.40. The number of nitrogens with one attached hydrogen (secondary N) is 1. The van der Waals surface area contributed by atoms with E-state index in [2.05, 4.69) is 27.9 Å². The maximum absolute atomic E-state index is 14.7. The smallest absolute Gasteiger partial charge is 0.262 e. The molecule has 0 spiro atoms. The average molecular weight is 651 g/mol. The minimum absolute atomic E-state index is 0.0436. The van der Waals surface area contributed by atoms with Gasteiger partial charge in [0.2, 0.25) is 0 Å². The van der Waals surface area contributed by atoms with E-state index in [0.29, 0.717) is 4.43 Å². The zero-order chi connectivity index (χ0) is 28.0. The first-order valence-electron chi connectivity index (χ1n) is 11.4. The van der Waals surface area contributed by atoms with Crippen LogP contribution in [0.15, 0.2) is 48.5 Å². The summed E-state index contributed by atoms with van der Waals surface area (Å²) in [6.45, 7) is 4.02. The number of anilines is 1. The number of rotatable bonds is 10. The summed E-state index contributed by atoms with van der Waals surface area (Å²) in [5, 5.41) is 21.9. The Bertz CT molecular complexity index is 1420. The van der Waals surface area contributed by atoms with Gasteiger partial charge >= 0.3 is 0 Å². The largest absolute Gasteiger partial charge is 0.488 e. The van der Waals surface area contributed by atoms with Gasteiger partial charge in [0.05, 0.1) is 22.8 Å². The van der Waals surface area contributed by atoms with E-state index < -0.39 is 29.7 Å². The number of hydrogen-bond donors (Lipinski definition) is 2. The molecule has 1 amide bonds. The maximum Gasteiger partial charge on any atom is 0.262 e. The van der Waals surface area contributed by atoms with Crippen LogP contribution in [0.4, 0.5) is 10.1 Å². The van der Waals surface area contributed by atoms with Gasteiger partial charge in [0.1, 0.15) is 12.4 Å². The molecule has 0 bridgehead atoms. The van der Waals surface area contributed by atoms with Crippen molar-refractivity contribution in [2.24, 2.45) is 0 Å². The van der Waals surface area contributed by atoms with Crippen LogP contribution >= 0.6 is 34.2 Å². The van der Waals surface area contributed by atoms with Gasteiger partial charge in [-0.2, -0.15) is 5.26 Å². The Morgan fingerprint density at radius 1 is 1.13 bits per heavy atom. The van der Waals surface area contributed by atoms with Crippen LogP contribution in [-0.2, 0) is 9.22 Å². The van der Waals surface area contributed by atoms with E-state index in [-0.39, 0.29) is 51.1 Å². The molecule has 0 aliphatic rings. The SMILES string of the molecule is Cc1c(NC(=O)COc2ccc(CI)cc2C(=O)c2cc(Cl)cc(C#N)c2)ccc(OCC(C)(C)O)c1F. The van der Waals surface area contributed by atoms with Crippen LogP contribution in [0.5, 0.6) is 11.5 Å². The first-order valence-corrected chi connectivity index (χ1v) is 13.3. The lowest BCUT2D eigenvalue weighted by atomic mass is 9.99. The standard InChI is InChI=1S/C28H25ClFIN2O5/c1-16-22(5-7-24(26(16)30)38-15-28(2,3)36)33-25(34)14-37-23-6-4-17(12-31)10-21(23)27(35)19-8-18(13-32)9-20(29)11-19/h4-11,36H,12,14-15H2,1-3H3,(H,33,34). The molecule has 0 radical (unpaired) electrons. The second-order valence-electron chi connectivity index (χ2n) is 9.12. The molecule has 10 heteroatoms. The Hall–Kier alpha value is -3.20. The second kappa shape index (κ2) is 12.6. The first kappa shape index (κ1) is 29.4. The summed E-state index contributed by atoms with van der Waals surface area (Å²) >= 11 is 8.24. The highest BCUT2D eigenvalue weighted by Crippen LogP contribution is 2.29. The highest BCUT2D eigenvalue weighted by Gasteiger charge is 2.20. The van der Waals surface area contributed by atoms with Gasteiger partial charge in [-0.05, 0) is 68.8 Å². The number of hydrogen-bond acceptors (Lipinski definition) is 6. The van der Waals surface area contributed by atoms with Crippen LogP contribution in [0.1, 0.15) is 46.5 Å². The fourth-order valence-corrected chi connectivity index (χ4v) is 4.10. The molecule has 0 aliphatic carbocycles. The molecule has 0 aliphatic heterocycles. The third-order valence-corrected chi connectivity index (χ3v) is 6.40. The summed E-state index contributed by atoms with van der Waals surface area (Å²) in [4.78, 5) is 25.9. The van der Waals surface area contributed by atoms with Crippen molar-refractivity contribution in [2.45, 2.75) is 30.8 Å². The predicted octanol–water partition coefficient (Wildman–Crippen LogP) is 5.99. The number of carbonyl (C=O) groups excluding carboxylic acids is 2. The van der Waals surface area contributed by atoms with Crippen LogP contribution in [0.25, 0.3) is 0 Å². The van der Waals surface area contributed by atoms with Crippen LogP contribution in [0.3, 0.4) is 0 Å². The molecule has 38 heavy (non-hydrogen) atoms. The number of halogens is 3. The van der Waals surface area contributed by atoms with Crippen LogP contribution in [-0.4, -0.2) is 35.6 Å². The van der Waals surface area contributed by atoms with Crippen molar-refractivity contribution in [3.05, 3.63) is 87.2 Å². The second-order valence-corrected chi connectivity index (χ2v) is 10.3. The summed E-state index contributed by atoms with van der Waals surface area (Å²) in [6.07, 6.45) is 0. The Labute approximate surface area is 238 Å². The van der Waals surface area contributed by atoms with Crippen molar-refractivity contribution < 1.29 is 28.6 Å². The van der Waals surface area contributed by atoms with E-state index in [9.17, 15) is 24.3 Å². The van der Waals surface area contributed by atoms with Crippen molar-refractivity contribution in [1.29, 1.82) is 5.26 Å². The van der Waals surface area contributed by atoms with Gasteiger partial charge < -0.3 is 19.9 Å². The molecule has 0 heterocycles. The zero-order valence-electron chi connectivity index (χ0n) is 20.9. The monoisotopic (exact) mass is 650 g/mol. The molecule has 3 aromatic rings. The molecule has 3 aromatic carbocycles. The summed E-state index contributed by atoms with van der Waals surface area (Å²) in [5.74, 6) is -1.50. The Morgan fingerprint density at radius 3 is 2.50 bits per heavy atom. The van der Waals surface area contributed by atoms with E-state index in [1.165, 1.54) is 37.3 Å². The Balaban J connectivity index is 1.77. The number of ether oxygens (including phenoxy) is 2. The molecule has 2 N–H and O–H groups in total. The van der Waals surface area contributed by atoms with Crippen molar-refractivity contribution >= 4 is 51.6 Å². The van der Waals surface area contributed by atoms with Crippen molar-refractivity contribution in [2.75, 3.05) is 18.5 Å². The Morgan fingerprint density at radius 2 is 1.84 bits per heavy atom. The molecule has 0 unspecified atom stereocenters. The van der Waals surface area contributed by atoms with Gasteiger partial charge in [0.15, 0.2) is 24.0 Å². The molecular formula is C28H25ClFIN2O5. The van der Waals surface area contributed by atoms with Crippen LogP contribution < -0.4 is 14.8 Å². The van der Waals surface area contributed by atoms with E-state index in [1.54, 1.807) is 32.0 Å². The molecule has 7 nitrogen and oxygen atoms in total. The molecule has 0 aromatic heterocycles. The summed E-state index contributed by atoms with van der Waals surface area (Å²) in [7, 11) is 0. The molecule has 198 valence electrons. The van der Waals surface area contributed by atoms with Gasteiger partial charge in [0.25, 0.3) is 5.91 Å². The number of nitriles is 1. The average Bonchev–Trinajstić information content (AvgIpc) is 2.88. The molecule has 0 fully saturated rings. The zero-order valence-corrected chi connectivity index (χ0v) is 23.8. The third kappa shape index (κ3) is 7.66. The molecular weight excluding hydrogens is 626 g/mol. The molecule has 0 saturated heterocycles. The normalized spacial score (nSPS) is 11.0. The fraction of sp³-hybridized carbons (Fsp3) is 0.250. The lowest BCUT2D eigenvalue weighted by Gasteiger charge is -2.19. The van der Waals surface area contributed by atoms with Gasteiger partial charge in [-0.15, -0.1) is 0 Å². The number of carbonyl (C=O) groups is 2. The number of alkyl halides is 1. The summed E-state index contributed by atoms with van der Waals surface area (Å²) in [5.41, 5.74) is 0.790. The number of benzene rings is 3. The number of ketones is 1. The minimum Gasteiger partial charge on any atom is -0.488 e. The molecule has 0 atom stereocenters. The van der Waals surface area contributed by atoms with Crippen molar-refractivity contribution in [1.82, 2.24) is 0 Å². The molecule has 3 rings (SSSR count). The van der Waals surface area contributed by atoms with E-state index in [4.69, 9.17) is 21.1 Å². The first-order chi connectivity index (χ1) is 17.9. The van der Waals surface area contributed by atoms with Crippen molar-refractivity contribution in [3.63, 3.8) is 0 Å². The minimum atomic E-state index is -1.13. The predicted molar refractivity (Wildman–Crippen MR) is 151 cm³/mol. The van der Waals surface area contributed by atoms with Gasteiger partial charge in [0, 0.05) is 26.3 Å². The van der Waals surface area contributed by atoms with Crippen molar-refractivity contribution in [3.8, 4) is 17.6 Å². The maximum atomic E-state index is 14.7. The van der Waals surface area contributed by atoms with Crippen LogP contribution in [0, 0.1) is 24.1 Å². The summed E-state index contributed by atoms with van der Waals surface area (Å²) in [6, 6.07) is 14.2. The lowest BCUT2D eigenvalue weighted by molar-refractivity contribution is -0.118. The van der Waals surface area contributed by atoms with Gasteiger partial charge in [-0.1, -0.05) is 40.3 Å². The summed E-state index contributed by atoms with van der Waals surface area (Å²) < 4.78 is 26.4. The topological polar surface area (TPSA) is 109 Å². The third-order valence-electron chi connectivity index (χ3n) is 5.30. The van der Waals surface area contributed by atoms with E-state index in [1.807, 2.05) is 6.07 Å². The van der Waals surface area contributed by atoms with Gasteiger partial charge in [-0.3, -0.25) is 9.59 Å². The number of aliphatic hydroxyl groups is 1. The van der Waals surface area contributed by atoms with E-state index in [0.717, 1.165) is 5.56 Å². The number of nitrogens with zero attached hydrogens (tertiary/aromatic N) is 1.